The van der Waals surface area contributed by atoms with Gasteiger partial charge < -0.3 is 4.52 Å². The summed E-state index contributed by atoms with van der Waals surface area (Å²) in [6.45, 7) is 7.80. The van der Waals surface area contributed by atoms with Crippen LogP contribution in [0.15, 0.2) is 23.2 Å². The zero-order chi connectivity index (χ0) is 9.97. The average molecular weight is 192 g/mol. The molecule has 14 heavy (non-hydrogen) atoms. The van der Waals surface area contributed by atoms with Crippen molar-refractivity contribution in [2.45, 2.75) is 25.8 Å². The molecule has 76 valence electrons. The van der Waals surface area contributed by atoms with Gasteiger partial charge in [-0.05, 0) is 26.3 Å². The molecular weight excluding hydrogens is 176 g/mol. The van der Waals surface area contributed by atoms with Crippen molar-refractivity contribution in [2.24, 2.45) is 0 Å². The average Bonchev–Trinajstić information content (AvgIpc) is 2.74. The molecule has 0 aliphatic carbocycles. The third kappa shape index (κ3) is 1.73. The maximum Gasteiger partial charge on any atom is 0.154 e. The third-order valence-corrected chi connectivity index (χ3v) is 2.70. The molecule has 0 bridgehead atoms. The molecule has 3 nitrogen and oxygen atoms in total. The van der Waals surface area contributed by atoms with Crippen molar-refractivity contribution in [1.29, 1.82) is 0 Å². The third-order valence-electron chi connectivity index (χ3n) is 2.70. The normalized spacial score (nSPS) is 22.8. The van der Waals surface area contributed by atoms with Gasteiger partial charge in [0.25, 0.3) is 0 Å². The van der Waals surface area contributed by atoms with Crippen LogP contribution in [0, 0.1) is 6.92 Å². The highest BCUT2D eigenvalue weighted by molar-refractivity contribution is 5.09. The van der Waals surface area contributed by atoms with Gasteiger partial charge in [-0.2, -0.15) is 0 Å². The van der Waals surface area contributed by atoms with Crippen molar-refractivity contribution in [3.63, 3.8) is 0 Å². The van der Waals surface area contributed by atoms with Gasteiger partial charge in [0.05, 0.1) is 11.7 Å². The second-order valence-electron chi connectivity index (χ2n) is 3.81. The lowest BCUT2D eigenvalue weighted by Gasteiger charge is -2.19. The van der Waals surface area contributed by atoms with Crippen LogP contribution < -0.4 is 0 Å². The summed E-state index contributed by atoms with van der Waals surface area (Å²) in [6.07, 6.45) is 4.35. The highest BCUT2D eigenvalue weighted by Crippen LogP contribution is 2.31. The first-order valence-electron chi connectivity index (χ1n) is 5.09. The van der Waals surface area contributed by atoms with Gasteiger partial charge in [-0.15, -0.1) is 6.58 Å². The molecule has 1 saturated heterocycles. The van der Waals surface area contributed by atoms with Gasteiger partial charge in [-0.25, -0.2) is 0 Å². The molecule has 0 radical (unpaired) electrons. The molecule has 0 N–H and O–H groups in total. The Morgan fingerprint density at radius 3 is 3.29 bits per heavy atom. The molecule has 1 atom stereocenters. The summed E-state index contributed by atoms with van der Waals surface area (Å²) >= 11 is 0. The van der Waals surface area contributed by atoms with Crippen molar-refractivity contribution in [2.75, 3.05) is 13.1 Å². The van der Waals surface area contributed by atoms with Crippen LogP contribution in [-0.4, -0.2) is 23.1 Å². The fourth-order valence-corrected chi connectivity index (χ4v) is 2.07. The lowest BCUT2D eigenvalue weighted by atomic mass is 10.1. The minimum atomic E-state index is 0.411. The summed E-state index contributed by atoms with van der Waals surface area (Å²) in [7, 11) is 0. The second-order valence-corrected chi connectivity index (χ2v) is 3.81. The number of rotatable bonds is 3. The van der Waals surface area contributed by atoms with Gasteiger partial charge in [0.15, 0.2) is 5.76 Å². The molecule has 0 unspecified atom stereocenters. The number of aryl methyl sites for hydroxylation is 1. The van der Waals surface area contributed by atoms with E-state index < -0.39 is 0 Å². The van der Waals surface area contributed by atoms with Gasteiger partial charge in [0.2, 0.25) is 0 Å². The zero-order valence-electron chi connectivity index (χ0n) is 8.57. The van der Waals surface area contributed by atoms with Crippen LogP contribution >= 0.6 is 0 Å². The van der Waals surface area contributed by atoms with E-state index in [2.05, 4.69) is 16.6 Å². The Labute approximate surface area is 84.4 Å². The molecule has 2 rings (SSSR count). The van der Waals surface area contributed by atoms with Crippen molar-refractivity contribution < 1.29 is 4.52 Å². The first-order valence-corrected chi connectivity index (χ1v) is 5.09. The van der Waals surface area contributed by atoms with E-state index in [9.17, 15) is 0 Å². The van der Waals surface area contributed by atoms with Gasteiger partial charge in [-0.1, -0.05) is 11.2 Å². The van der Waals surface area contributed by atoms with E-state index in [-0.39, 0.29) is 0 Å². The lowest BCUT2D eigenvalue weighted by Crippen LogP contribution is -2.22. The van der Waals surface area contributed by atoms with Gasteiger partial charge in [0.1, 0.15) is 0 Å². The van der Waals surface area contributed by atoms with E-state index in [1.165, 1.54) is 12.8 Å². The monoisotopic (exact) mass is 192 g/mol. The second kappa shape index (κ2) is 3.96. The van der Waals surface area contributed by atoms with Crippen molar-refractivity contribution in [3.8, 4) is 0 Å². The molecular formula is C11H16N2O. The number of nitrogens with zero attached hydrogens (tertiary/aromatic N) is 2. The van der Waals surface area contributed by atoms with Gasteiger partial charge in [0, 0.05) is 12.6 Å². The first kappa shape index (κ1) is 9.46. The van der Waals surface area contributed by atoms with Crippen LogP contribution in [0.5, 0.6) is 0 Å². The number of hydrogen-bond acceptors (Lipinski definition) is 3. The molecule has 1 fully saturated rings. The molecule has 0 aromatic carbocycles. The summed E-state index contributed by atoms with van der Waals surface area (Å²) in [5.74, 6) is 1.00. The van der Waals surface area contributed by atoms with E-state index in [4.69, 9.17) is 4.52 Å². The lowest BCUT2D eigenvalue weighted by molar-refractivity contribution is 0.232. The summed E-state index contributed by atoms with van der Waals surface area (Å²) in [6, 6.07) is 2.45. The molecule has 0 amide bonds. The van der Waals surface area contributed by atoms with Crippen LogP contribution in [0.2, 0.25) is 0 Å². The Morgan fingerprint density at radius 1 is 1.79 bits per heavy atom. The van der Waals surface area contributed by atoms with Crippen LogP contribution in [0.3, 0.4) is 0 Å². The molecule has 2 heterocycles. The van der Waals surface area contributed by atoms with E-state index in [1.54, 1.807) is 0 Å². The molecule has 1 aliphatic rings. The number of aromatic nitrogens is 1. The smallest absolute Gasteiger partial charge is 0.154 e. The molecule has 0 saturated carbocycles. The van der Waals surface area contributed by atoms with Crippen molar-refractivity contribution >= 4 is 0 Å². The Hall–Kier alpha value is -1.09. The molecule has 1 aliphatic heterocycles. The Bertz CT molecular complexity index is 319. The van der Waals surface area contributed by atoms with Gasteiger partial charge in [-0.3, -0.25) is 4.90 Å². The Balaban J connectivity index is 2.12. The van der Waals surface area contributed by atoms with E-state index in [0.717, 1.165) is 24.5 Å². The van der Waals surface area contributed by atoms with E-state index in [1.807, 2.05) is 19.1 Å². The van der Waals surface area contributed by atoms with Crippen LogP contribution in [0.1, 0.15) is 30.3 Å². The van der Waals surface area contributed by atoms with E-state index >= 15 is 0 Å². The Kier molecular flexibility index (Phi) is 2.68. The fraction of sp³-hybridized carbons (Fsp3) is 0.545. The predicted molar refractivity (Wildman–Crippen MR) is 55.0 cm³/mol. The first-order chi connectivity index (χ1) is 6.81. The molecule has 1 aromatic rings. The summed E-state index contributed by atoms with van der Waals surface area (Å²) in [5, 5.41) is 3.93. The standard InChI is InChI=1S/C11H16N2O/c1-3-6-13-7-4-5-10(13)11-8-9(2)12-14-11/h3,8,10H,1,4-7H2,2H3/t10-/m0/s1. The van der Waals surface area contributed by atoms with Crippen molar-refractivity contribution in [1.82, 2.24) is 10.1 Å². The minimum absolute atomic E-state index is 0.411. The number of hydrogen-bond donors (Lipinski definition) is 0. The van der Waals surface area contributed by atoms with Crippen LogP contribution in [-0.2, 0) is 0 Å². The highest BCUT2D eigenvalue weighted by Gasteiger charge is 2.27. The number of likely N-dealkylation sites (tertiary alicyclic amines) is 1. The topological polar surface area (TPSA) is 29.3 Å². The predicted octanol–water partition coefficient (Wildman–Crippen LogP) is 2.31. The molecule has 0 spiro atoms. The quantitative estimate of drug-likeness (QED) is 0.688. The zero-order valence-corrected chi connectivity index (χ0v) is 8.57. The SMILES string of the molecule is C=CCN1CCC[C@H]1c1cc(C)no1. The maximum absolute atomic E-state index is 5.30. The molecule has 3 heteroatoms. The summed E-state index contributed by atoms with van der Waals surface area (Å²) < 4.78 is 5.30. The fourth-order valence-electron chi connectivity index (χ4n) is 2.07. The molecule has 1 aromatic heterocycles. The highest BCUT2D eigenvalue weighted by atomic mass is 16.5. The summed E-state index contributed by atoms with van der Waals surface area (Å²) in [4.78, 5) is 2.38. The van der Waals surface area contributed by atoms with Crippen LogP contribution in [0.4, 0.5) is 0 Å². The van der Waals surface area contributed by atoms with E-state index in [0.29, 0.717) is 6.04 Å². The maximum atomic E-state index is 5.30. The van der Waals surface area contributed by atoms with Crippen molar-refractivity contribution in [3.05, 3.63) is 30.2 Å². The van der Waals surface area contributed by atoms with Crippen LogP contribution in [0.25, 0.3) is 0 Å². The largest absolute Gasteiger partial charge is 0.359 e. The Morgan fingerprint density at radius 2 is 2.64 bits per heavy atom. The minimum Gasteiger partial charge on any atom is -0.359 e. The summed E-state index contributed by atoms with van der Waals surface area (Å²) in [5.41, 5.74) is 0.963. The van der Waals surface area contributed by atoms with Gasteiger partial charge >= 0.3 is 0 Å².